The van der Waals surface area contributed by atoms with Crippen molar-refractivity contribution >= 4 is 17.5 Å². The highest BCUT2D eigenvalue weighted by atomic mass is 19.4. The first-order valence-electron chi connectivity index (χ1n) is 6.75. The second-order valence-corrected chi connectivity index (χ2v) is 4.91. The molecule has 0 amide bonds. The van der Waals surface area contributed by atoms with E-state index >= 15 is 0 Å². The van der Waals surface area contributed by atoms with Gasteiger partial charge in [0.2, 0.25) is 5.95 Å². The SMILES string of the molecule is C[C@H](CO)Nc1nc(Nc2cccc(F)c2F)cc(C(F)(F)F)n1. The molecule has 0 saturated heterocycles. The number of nitrogens with zero attached hydrogens (tertiary/aromatic N) is 2. The van der Waals surface area contributed by atoms with Crippen molar-refractivity contribution in [3.05, 3.63) is 41.6 Å². The minimum atomic E-state index is -4.77. The van der Waals surface area contributed by atoms with Crippen LogP contribution >= 0.6 is 0 Å². The number of anilines is 3. The molecule has 0 aliphatic rings. The Hall–Kier alpha value is -2.49. The number of rotatable bonds is 5. The van der Waals surface area contributed by atoms with E-state index in [-0.39, 0.29) is 18.1 Å². The number of aromatic nitrogens is 2. The number of aliphatic hydroxyl groups excluding tert-OH is 1. The third-order valence-electron chi connectivity index (χ3n) is 2.88. The lowest BCUT2D eigenvalue weighted by Gasteiger charge is -2.15. The molecule has 1 aromatic heterocycles. The van der Waals surface area contributed by atoms with Crippen molar-refractivity contribution in [3.63, 3.8) is 0 Å². The monoisotopic (exact) mass is 348 g/mol. The third-order valence-corrected chi connectivity index (χ3v) is 2.88. The lowest BCUT2D eigenvalue weighted by atomic mass is 10.3. The van der Waals surface area contributed by atoms with E-state index in [1.807, 2.05) is 0 Å². The maximum Gasteiger partial charge on any atom is 0.433 e. The van der Waals surface area contributed by atoms with Gasteiger partial charge >= 0.3 is 6.18 Å². The Labute approximate surface area is 133 Å². The largest absolute Gasteiger partial charge is 0.433 e. The smallest absolute Gasteiger partial charge is 0.394 e. The third kappa shape index (κ3) is 4.28. The van der Waals surface area contributed by atoms with E-state index in [1.165, 1.54) is 13.0 Å². The number of benzene rings is 1. The summed E-state index contributed by atoms with van der Waals surface area (Å²) in [6, 6.07) is 3.18. The predicted octanol–water partition coefficient (Wildman–Crippen LogP) is 3.31. The Morgan fingerprint density at radius 2 is 1.92 bits per heavy atom. The van der Waals surface area contributed by atoms with Gasteiger partial charge in [-0.2, -0.15) is 18.2 Å². The van der Waals surface area contributed by atoms with E-state index in [9.17, 15) is 22.0 Å². The molecule has 2 aromatic rings. The molecule has 24 heavy (non-hydrogen) atoms. The van der Waals surface area contributed by atoms with Gasteiger partial charge in [0.05, 0.1) is 12.3 Å². The summed E-state index contributed by atoms with van der Waals surface area (Å²) in [6.45, 7) is 1.14. The lowest BCUT2D eigenvalue weighted by molar-refractivity contribution is -0.141. The van der Waals surface area contributed by atoms with E-state index in [2.05, 4.69) is 20.6 Å². The van der Waals surface area contributed by atoms with E-state index in [0.29, 0.717) is 6.07 Å². The van der Waals surface area contributed by atoms with Crippen molar-refractivity contribution in [2.24, 2.45) is 0 Å². The molecular formula is C14H13F5N4O. The van der Waals surface area contributed by atoms with Crippen LogP contribution in [0.4, 0.5) is 39.4 Å². The molecule has 0 fully saturated rings. The van der Waals surface area contributed by atoms with Crippen LogP contribution in [0.3, 0.4) is 0 Å². The molecule has 0 saturated carbocycles. The van der Waals surface area contributed by atoms with Gasteiger partial charge in [0.25, 0.3) is 0 Å². The highest BCUT2D eigenvalue weighted by molar-refractivity contribution is 5.58. The normalized spacial score (nSPS) is 12.8. The number of aliphatic hydroxyl groups is 1. The highest BCUT2D eigenvalue weighted by Crippen LogP contribution is 2.31. The molecule has 1 atom stereocenters. The quantitative estimate of drug-likeness (QED) is 0.724. The van der Waals surface area contributed by atoms with Crippen molar-refractivity contribution in [2.75, 3.05) is 17.2 Å². The maximum atomic E-state index is 13.6. The second-order valence-electron chi connectivity index (χ2n) is 4.91. The van der Waals surface area contributed by atoms with Gasteiger partial charge in [-0.15, -0.1) is 0 Å². The standard InChI is InChI=1S/C14H13F5N4O/c1-7(6-24)20-13-22-10(14(17,18)19)5-11(23-13)21-9-4-2-3-8(15)12(9)16/h2-5,7,24H,6H2,1H3,(H2,20,21,22,23)/t7-/m1/s1. The van der Waals surface area contributed by atoms with Gasteiger partial charge in [-0.25, -0.2) is 13.8 Å². The van der Waals surface area contributed by atoms with Gasteiger partial charge in [-0.1, -0.05) is 6.07 Å². The van der Waals surface area contributed by atoms with E-state index < -0.39 is 35.5 Å². The first-order valence-corrected chi connectivity index (χ1v) is 6.75. The summed E-state index contributed by atoms with van der Waals surface area (Å²) in [6.07, 6.45) is -4.77. The van der Waals surface area contributed by atoms with Crippen LogP contribution in [0.25, 0.3) is 0 Å². The fraction of sp³-hybridized carbons (Fsp3) is 0.286. The first kappa shape index (κ1) is 17.9. The Kier molecular flexibility index (Phi) is 5.17. The number of hydrogen-bond donors (Lipinski definition) is 3. The minimum absolute atomic E-state index is 0.360. The fourth-order valence-corrected chi connectivity index (χ4v) is 1.73. The number of nitrogens with one attached hydrogen (secondary N) is 2. The zero-order valence-corrected chi connectivity index (χ0v) is 12.3. The van der Waals surface area contributed by atoms with Crippen LogP contribution < -0.4 is 10.6 Å². The van der Waals surface area contributed by atoms with Crippen LogP contribution in [0.15, 0.2) is 24.3 Å². The predicted molar refractivity (Wildman–Crippen MR) is 76.8 cm³/mol. The van der Waals surface area contributed by atoms with E-state index in [4.69, 9.17) is 5.11 Å². The Bertz CT molecular complexity index is 723. The lowest BCUT2D eigenvalue weighted by Crippen LogP contribution is -2.22. The topological polar surface area (TPSA) is 70.1 Å². The molecule has 0 spiro atoms. The summed E-state index contributed by atoms with van der Waals surface area (Å²) in [4.78, 5) is 7.08. The molecule has 1 heterocycles. The van der Waals surface area contributed by atoms with Crippen molar-refractivity contribution in [2.45, 2.75) is 19.1 Å². The zero-order chi connectivity index (χ0) is 17.9. The maximum absolute atomic E-state index is 13.6. The van der Waals surface area contributed by atoms with Crippen molar-refractivity contribution < 1.29 is 27.1 Å². The summed E-state index contributed by atoms with van der Waals surface area (Å²) in [5, 5.41) is 13.7. The summed E-state index contributed by atoms with van der Waals surface area (Å²) in [5.74, 6) is -3.19. The molecule has 0 unspecified atom stereocenters. The van der Waals surface area contributed by atoms with Gasteiger partial charge in [0.15, 0.2) is 17.3 Å². The molecule has 1 aromatic carbocycles. The van der Waals surface area contributed by atoms with Crippen molar-refractivity contribution in [3.8, 4) is 0 Å². The summed E-state index contributed by atoms with van der Waals surface area (Å²) < 4.78 is 65.6. The summed E-state index contributed by atoms with van der Waals surface area (Å²) in [5.41, 5.74) is -1.65. The Morgan fingerprint density at radius 1 is 1.21 bits per heavy atom. The zero-order valence-electron chi connectivity index (χ0n) is 12.3. The molecule has 130 valence electrons. The van der Waals surface area contributed by atoms with Crippen LogP contribution in [0, 0.1) is 11.6 Å². The van der Waals surface area contributed by atoms with Gasteiger partial charge < -0.3 is 15.7 Å². The average molecular weight is 348 g/mol. The molecular weight excluding hydrogens is 335 g/mol. The summed E-state index contributed by atoms with van der Waals surface area (Å²) >= 11 is 0. The van der Waals surface area contributed by atoms with Gasteiger partial charge in [-0.3, -0.25) is 0 Å². The number of hydrogen-bond acceptors (Lipinski definition) is 5. The van der Waals surface area contributed by atoms with Crippen LogP contribution in [0.1, 0.15) is 12.6 Å². The van der Waals surface area contributed by atoms with E-state index in [0.717, 1.165) is 12.1 Å². The number of halogens is 5. The molecule has 0 bridgehead atoms. The number of alkyl halides is 3. The first-order chi connectivity index (χ1) is 11.2. The molecule has 3 N–H and O–H groups in total. The minimum Gasteiger partial charge on any atom is -0.394 e. The fourth-order valence-electron chi connectivity index (χ4n) is 1.73. The molecule has 0 aliphatic heterocycles. The molecule has 2 rings (SSSR count). The Balaban J connectivity index is 2.41. The molecule has 10 heteroatoms. The highest BCUT2D eigenvalue weighted by Gasteiger charge is 2.34. The average Bonchev–Trinajstić information content (AvgIpc) is 2.50. The van der Waals surface area contributed by atoms with Gasteiger partial charge in [-0.05, 0) is 19.1 Å². The Morgan fingerprint density at radius 3 is 2.54 bits per heavy atom. The van der Waals surface area contributed by atoms with Gasteiger partial charge in [0.1, 0.15) is 5.82 Å². The van der Waals surface area contributed by atoms with Gasteiger partial charge in [0, 0.05) is 12.1 Å². The van der Waals surface area contributed by atoms with Crippen LogP contribution in [-0.2, 0) is 6.18 Å². The van der Waals surface area contributed by atoms with Crippen LogP contribution in [0.2, 0.25) is 0 Å². The molecule has 0 radical (unpaired) electrons. The molecule has 0 aliphatic carbocycles. The molecule has 5 nitrogen and oxygen atoms in total. The van der Waals surface area contributed by atoms with E-state index in [1.54, 1.807) is 0 Å². The second kappa shape index (κ2) is 6.95. The van der Waals surface area contributed by atoms with Crippen LogP contribution in [0.5, 0.6) is 0 Å². The van der Waals surface area contributed by atoms with Crippen molar-refractivity contribution in [1.29, 1.82) is 0 Å². The van der Waals surface area contributed by atoms with Crippen molar-refractivity contribution in [1.82, 2.24) is 9.97 Å². The van der Waals surface area contributed by atoms with Crippen LogP contribution in [-0.4, -0.2) is 27.7 Å². The summed E-state index contributed by atoms with van der Waals surface area (Å²) in [7, 11) is 0.